The highest BCUT2D eigenvalue weighted by molar-refractivity contribution is 14.1. The Balaban J connectivity index is 1.36. The minimum Gasteiger partial charge on any atom is -0.374 e. The van der Waals surface area contributed by atoms with E-state index >= 15 is 0 Å². The van der Waals surface area contributed by atoms with Gasteiger partial charge in [0, 0.05) is 27.0 Å². The lowest BCUT2D eigenvalue weighted by Gasteiger charge is -2.49. The lowest BCUT2D eigenvalue weighted by atomic mass is 9.76. The zero-order valence-electron chi connectivity index (χ0n) is 19.4. The SMILES string of the molecule is O=C(NC1=N[C@@]2(c3nc(Br)cs3)CO[C@](CI)(COCc3ccccc3)C[C@H]2CS1)c1ccccc1. The van der Waals surface area contributed by atoms with Crippen LogP contribution in [0.2, 0.25) is 0 Å². The molecule has 0 unspecified atom stereocenters. The summed E-state index contributed by atoms with van der Waals surface area (Å²) in [6, 6.07) is 19.4. The van der Waals surface area contributed by atoms with Crippen molar-refractivity contribution in [3.63, 3.8) is 0 Å². The van der Waals surface area contributed by atoms with E-state index in [1.165, 1.54) is 0 Å². The van der Waals surface area contributed by atoms with E-state index in [4.69, 9.17) is 19.5 Å². The number of benzene rings is 2. The first-order valence-corrected chi connectivity index (χ1v) is 15.7. The van der Waals surface area contributed by atoms with E-state index in [2.05, 4.69) is 56.0 Å². The maximum Gasteiger partial charge on any atom is 0.257 e. The van der Waals surface area contributed by atoms with Gasteiger partial charge in [0.1, 0.15) is 20.8 Å². The van der Waals surface area contributed by atoms with Crippen LogP contribution in [0.25, 0.3) is 0 Å². The monoisotopic (exact) mass is 697 g/mol. The van der Waals surface area contributed by atoms with Gasteiger partial charge in [-0.3, -0.25) is 4.79 Å². The van der Waals surface area contributed by atoms with E-state index < -0.39 is 11.1 Å². The number of carbonyl (C=O) groups is 1. The average Bonchev–Trinajstić information content (AvgIpc) is 3.36. The molecular formula is C26H25BrIN3O3S2. The molecule has 1 amide bonds. The molecule has 2 aromatic carbocycles. The smallest absolute Gasteiger partial charge is 0.257 e. The Kier molecular flexibility index (Phi) is 8.48. The number of hydrogen-bond acceptors (Lipinski definition) is 7. The number of fused-ring (bicyclic) bond motifs is 1. The molecule has 3 atom stereocenters. The third-order valence-corrected chi connectivity index (χ3v) is 10.6. The van der Waals surface area contributed by atoms with Crippen LogP contribution in [0.1, 0.15) is 27.3 Å². The summed E-state index contributed by atoms with van der Waals surface area (Å²) in [6.45, 7) is 1.46. The van der Waals surface area contributed by atoms with Gasteiger partial charge in [0.25, 0.3) is 5.91 Å². The number of aromatic nitrogens is 1. The number of amidine groups is 1. The second kappa shape index (κ2) is 11.6. The van der Waals surface area contributed by atoms with Gasteiger partial charge in [-0.05, 0) is 40.0 Å². The van der Waals surface area contributed by atoms with Crippen molar-refractivity contribution in [2.75, 3.05) is 23.4 Å². The van der Waals surface area contributed by atoms with Crippen molar-refractivity contribution in [2.45, 2.75) is 24.2 Å². The topological polar surface area (TPSA) is 72.8 Å². The zero-order chi connectivity index (χ0) is 25.0. The van der Waals surface area contributed by atoms with Gasteiger partial charge >= 0.3 is 0 Å². The van der Waals surface area contributed by atoms with Gasteiger partial charge < -0.3 is 14.8 Å². The number of thiazole rings is 1. The van der Waals surface area contributed by atoms with Gasteiger partial charge in [-0.2, -0.15) is 0 Å². The molecular weight excluding hydrogens is 673 g/mol. The van der Waals surface area contributed by atoms with E-state index in [1.54, 1.807) is 35.2 Å². The van der Waals surface area contributed by atoms with Crippen LogP contribution < -0.4 is 5.32 Å². The van der Waals surface area contributed by atoms with Crippen LogP contribution in [0.3, 0.4) is 0 Å². The van der Waals surface area contributed by atoms with Crippen LogP contribution in [-0.4, -0.2) is 45.1 Å². The van der Waals surface area contributed by atoms with E-state index in [1.807, 2.05) is 41.8 Å². The molecule has 0 aliphatic carbocycles. The summed E-state index contributed by atoms with van der Waals surface area (Å²) in [7, 11) is 0. The molecule has 6 nitrogen and oxygen atoms in total. The number of ether oxygens (including phenoxy) is 2. The summed E-state index contributed by atoms with van der Waals surface area (Å²) in [4.78, 5) is 22.7. The van der Waals surface area contributed by atoms with Gasteiger partial charge in [0.05, 0.1) is 19.8 Å². The summed E-state index contributed by atoms with van der Waals surface area (Å²) in [6.07, 6.45) is 0.804. The minimum absolute atomic E-state index is 0.164. The third kappa shape index (κ3) is 5.73. The van der Waals surface area contributed by atoms with Gasteiger partial charge in [-0.15, -0.1) is 11.3 Å². The highest BCUT2D eigenvalue weighted by Gasteiger charge is 2.54. The van der Waals surface area contributed by atoms with Crippen molar-refractivity contribution in [3.8, 4) is 0 Å². The second-order valence-electron chi connectivity index (χ2n) is 8.93. The molecule has 2 aliphatic heterocycles. The summed E-state index contributed by atoms with van der Waals surface area (Å²) in [5.41, 5.74) is 0.721. The number of amides is 1. The number of thioether (sulfide) groups is 1. The van der Waals surface area contributed by atoms with Crippen LogP contribution in [0.4, 0.5) is 0 Å². The van der Waals surface area contributed by atoms with Gasteiger partial charge in [0.15, 0.2) is 5.17 Å². The van der Waals surface area contributed by atoms with E-state index in [0.717, 1.165) is 31.8 Å². The fraction of sp³-hybridized carbons (Fsp3) is 0.346. The van der Waals surface area contributed by atoms with Crippen LogP contribution in [0, 0.1) is 5.92 Å². The first kappa shape index (κ1) is 26.3. The Labute approximate surface area is 240 Å². The molecule has 0 radical (unpaired) electrons. The second-order valence-corrected chi connectivity index (χ2v) is 12.4. The molecule has 1 aromatic heterocycles. The molecule has 2 aliphatic rings. The molecule has 0 spiro atoms. The van der Waals surface area contributed by atoms with Gasteiger partial charge in [0.2, 0.25) is 0 Å². The fourth-order valence-electron chi connectivity index (χ4n) is 4.49. The van der Waals surface area contributed by atoms with Crippen LogP contribution in [0.15, 0.2) is 75.6 Å². The minimum atomic E-state index is -0.643. The number of hydrogen-bond donors (Lipinski definition) is 1. The molecule has 1 N–H and O–H groups in total. The molecule has 0 bridgehead atoms. The van der Waals surface area contributed by atoms with Gasteiger partial charge in [-0.25, -0.2) is 9.98 Å². The Morgan fingerprint density at radius 3 is 2.64 bits per heavy atom. The summed E-state index contributed by atoms with van der Waals surface area (Å²) < 4.78 is 14.4. The Bertz CT molecular complexity index is 1230. The molecule has 3 heterocycles. The fourth-order valence-corrected chi connectivity index (χ4v) is 7.85. The number of alkyl halides is 1. The molecule has 1 fully saturated rings. The lowest BCUT2D eigenvalue weighted by molar-refractivity contribution is -0.150. The molecule has 5 rings (SSSR count). The highest BCUT2D eigenvalue weighted by atomic mass is 127. The quantitative estimate of drug-likeness (QED) is 0.240. The van der Waals surface area contributed by atoms with E-state index in [0.29, 0.717) is 30.6 Å². The van der Waals surface area contributed by atoms with Crippen LogP contribution >= 0.6 is 61.6 Å². The molecule has 3 aromatic rings. The summed E-state index contributed by atoms with van der Waals surface area (Å²) >= 11 is 9.07. The molecule has 0 saturated carbocycles. The maximum atomic E-state index is 12.8. The first-order valence-electron chi connectivity index (χ1n) is 11.5. The molecule has 188 valence electrons. The van der Waals surface area contributed by atoms with Crippen LogP contribution in [-0.2, 0) is 21.6 Å². The number of halogens is 2. The normalized spacial score (nSPS) is 25.6. The third-order valence-electron chi connectivity index (χ3n) is 6.44. The van der Waals surface area contributed by atoms with Crippen molar-refractivity contribution >= 4 is 72.7 Å². The molecule has 36 heavy (non-hydrogen) atoms. The average molecular weight is 698 g/mol. The summed E-state index contributed by atoms with van der Waals surface area (Å²) in [5, 5.41) is 6.50. The van der Waals surface area contributed by atoms with Crippen molar-refractivity contribution in [2.24, 2.45) is 10.9 Å². The molecule has 1 saturated heterocycles. The number of aliphatic imine (C=N–C) groups is 1. The Hall–Kier alpha value is -1.31. The van der Waals surface area contributed by atoms with Crippen molar-refractivity contribution in [3.05, 3.63) is 86.8 Å². The Morgan fingerprint density at radius 1 is 1.19 bits per heavy atom. The summed E-state index contributed by atoms with van der Waals surface area (Å²) in [5.74, 6) is 0.844. The van der Waals surface area contributed by atoms with Crippen molar-refractivity contribution in [1.29, 1.82) is 0 Å². The van der Waals surface area contributed by atoms with E-state index in [9.17, 15) is 4.79 Å². The predicted molar refractivity (Wildman–Crippen MR) is 157 cm³/mol. The number of nitrogens with zero attached hydrogens (tertiary/aromatic N) is 2. The van der Waals surface area contributed by atoms with Gasteiger partial charge in [-0.1, -0.05) is 82.9 Å². The van der Waals surface area contributed by atoms with E-state index in [-0.39, 0.29) is 11.8 Å². The van der Waals surface area contributed by atoms with Crippen LogP contribution in [0.5, 0.6) is 0 Å². The Morgan fingerprint density at radius 2 is 1.94 bits per heavy atom. The maximum absolute atomic E-state index is 12.8. The lowest BCUT2D eigenvalue weighted by Crippen LogP contribution is -2.57. The van der Waals surface area contributed by atoms with Crippen molar-refractivity contribution < 1.29 is 14.3 Å². The number of nitrogens with one attached hydrogen (secondary N) is 1. The first-order chi connectivity index (χ1) is 17.5. The van der Waals surface area contributed by atoms with Crippen molar-refractivity contribution in [1.82, 2.24) is 10.3 Å². The number of rotatable bonds is 7. The highest BCUT2D eigenvalue weighted by Crippen LogP contribution is 2.50. The largest absolute Gasteiger partial charge is 0.374 e. The predicted octanol–water partition coefficient (Wildman–Crippen LogP) is 6.06. The molecule has 10 heteroatoms. The zero-order valence-corrected chi connectivity index (χ0v) is 24.7. The standard InChI is InChI=1S/C26H25BrIN3O3S2/c27-21-14-35-23(29-21)26-17-34-25(15-28,16-33-12-18-7-3-1-4-8-18)11-20(26)13-36-24(31-26)30-22(32)19-9-5-2-6-10-19/h1-10,14,20H,11-13,15-17H2,(H,30,31,32)/t20-,25+,26-/m0/s1. The number of carbonyl (C=O) groups excluding carboxylic acids is 1.